The van der Waals surface area contributed by atoms with Gasteiger partial charge in [-0.05, 0) is 44.9 Å². The van der Waals surface area contributed by atoms with Crippen molar-refractivity contribution in [3.05, 3.63) is 29.7 Å². The minimum atomic E-state index is -3.61. The Morgan fingerprint density at radius 3 is 2.64 bits per heavy atom. The van der Waals surface area contributed by atoms with Crippen molar-refractivity contribution in [1.82, 2.24) is 14.4 Å². The molecular formula is C18H21N3O5S2. The summed E-state index contributed by atoms with van der Waals surface area (Å²) in [5.74, 6) is 1.10. The van der Waals surface area contributed by atoms with E-state index >= 15 is 0 Å². The highest BCUT2D eigenvalue weighted by Crippen LogP contribution is 2.33. The largest absolute Gasteiger partial charge is 0.497 e. The Kier molecular flexibility index (Phi) is 5.02. The minimum Gasteiger partial charge on any atom is -0.497 e. The number of sulfonamides is 1. The van der Waals surface area contributed by atoms with Crippen molar-refractivity contribution in [2.45, 2.75) is 37.7 Å². The number of thiazole rings is 1. The number of fused-ring (bicyclic) bond motifs is 1. The van der Waals surface area contributed by atoms with E-state index in [-0.39, 0.29) is 11.0 Å². The number of aromatic nitrogens is 2. The zero-order valence-corrected chi connectivity index (χ0v) is 17.5. The van der Waals surface area contributed by atoms with Crippen molar-refractivity contribution in [3.63, 3.8) is 0 Å². The van der Waals surface area contributed by atoms with E-state index in [1.54, 1.807) is 21.0 Å². The molecule has 2 aromatic heterocycles. The van der Waals surface area contributed by atoms with Crippen molar-refractivity contribution >= 4 is 31.6 Å². The smallest absolute Gasteiger partial charge is 0.274 e. The fourth-order valence-corrected chi connectivity index (χ4v) is 6.04. The second kappa shape index (κ2) is 7.34. The molecule has 0 bridgehead atoms. The van der Waals surface area contributed by atoms with E-state index in [0.29, 0.717) is 42.6 Å². The number of nitrogens with zero attached hydrogens (tertiary/aromatic N) is 3. The molecule has 4 rings (SSSR count). The quantitative estimate of drug-likeness (QED) is 0.622. The average Bonchev–Trinajstić information content (AvgIpc) is 3.23. The topological polar surface area (TPSA) is 94.8 Å². The van der Waals surface area contributed by atoms with E-state index in [0.717, 1.165) is 16.0 Å². The molecule has 0 saturated carbocycles. The predicted octanol–water partition coefficient (Wildman–Crippen LogP) is 3.14. The Morgan fingerprint density at radius 1 is 1.25 bits per heavy atom. The van der Waals surface area contributed by atoms with E-state index in [1.165, 1.54) is 15.6 Å². The number of methoxy groups -OCH3 is 1. The van der Waals surface area contributed by atoms with Gasteiger partial charge in [0.05, 0.1) is 17.3 Å². The highest BCUT2D eigenvalue weighted by molar-refractivity contribution is 7.89. The molecule has 0 spiro atoms. The van der Waals surface area contributed by atoms with Crippen LogP contribution in [0.25, 0.3) is 10.2 Å². The molecular weight excluding hydrogens is 402 g/mol. The number of hydrogen-bond acceptors (Lipinski definition) is 8. The Labute approximate surface area is 167 Å². The highest BCUT2D eigenvalue weighted by Gasteiger charge is 2.34. The number of benzene rings is 1. The van der Waals surface area contributed by atoms with Gasteiger partial charge in [-0.2, -0.15) is 4.31 Å². The van der Waals surface area contributed by atoms with Crippen molar-refractivity contribution in [2.24, 2.45) is 0 Å². The van der Waals surface area contributed by atoms with Crippen LogP contribution in [-0.2, 0) is 10.0 Å². The molecule has 1 fully saturated rings. The summed E-state index contributed by atoms with van der Waals surface area (Å²) < 4.78 is 44.5. The lowest BCUT2D eigenvalue weighted by molar-refractivity contribution is 0.135. The average molecular weight is 424 g/mol. The maximum atomic E-state index is 12.9. The SMILES string of the molecule is COc1ccc2nc(OC3CCN(S(=O)(=O)c4c(C)noc4C)CC3)sc2c1. The lowest BCUT2D eigenvalue weighted by Gasteiger charge is -2.30. The molecule has 1 saturated heterocycles. The molecule has 1 aliphatic rings. The maximum absolute atomic E-state index is 12.9. The number of piperidine rings is 1. The zero-order chi connectivity index (χ0) is 19.9. The zero-order valence-electron chi connectivity index (χ0n) is 15.8. The molecule has 0 radical (unpaired) electrons. The van der Waals surface area contributed by atoms with Gasteiger partial charge >= 0.3 is 0 Å². The van der Waals surface area contributed by atoms with Crippen LogP contribution in [0, 0.1) is 13.8 Å². The van der Waals surface area contributed by atoms with E-state index < -0.39 is 10.0 Å². The van der Waals surface area contributed by atoms with Gasteiger partial charge in [0, 0.05) is 13.1 Å². The van der Waals surface area contributed by atoms with Gasteiger partial charge < -0.3 is 14.0 Å². The standard InChI is InChI=1S/C18H21N3O5S2/c1-11-17(12(2)26-20-11)28(22,23)21-8-6-13(7-9-21)25-18-19-15-5-4-14(24-3)10-16(15)27-18/h4-5,10,13H,6-9H2,1-3H3. The third kappa shape index (κ3) is 3.47. The van der Waals surface area contributed by atoms with Gasteiger partial charge in [0.2, 0.25) is 10.0 Å². The number of hydrogen-bond donors (Lipinski definition) is 0. The predicted molar refractivity (Wildman–Crippen MR) is 105 cm³/mol. The first-order valence-electron chi connectivity index (χ1n) is 8.92. The first kappa shape index (κ1) is 19.2. The molecule has 3 heterocycles. The lowest BCUT2D eigenvalue weighted by Crippen LogP contribution is -2.42. The van der Waals surface area contributed by atoms with Crippen LogP contribution in [0.15, 0.2) is 27.6 Å². The Balaban J connectivity index is 1.43. The third-order valence-corrected chi connectivity index (χ3v) is 7.86. The normalized spacial score (nSPS) is 16.5. The molecule has 28 heavy (non-hydrogen) atoms. The Bertz CT molecular complexity index is 1080. The second-order valence-electron chi connectivity index (χ2n) is 6.69. The summed E-state index contributed by atoms with van der Waals surface area (Å²) in [4.78, 5) is 4.68. The lowest BCUT2D eigenvalue weighted by atomic mass is 10.1. The fourth-order valence-electron chi connectivity index (χ4n) is 3.37. The van der Waals surface area contributed by atoms with E-state index in [1.807, 2.05) is 18.2 Å². The second-order valence-corrected chi connectivity index (χ2v) is 9.56. The van der Waals surface area contributed by atoms with E-state index in [9.17, 15) is 8.42 Å². The summed E-state index contributed by atoms with van der Waals surface area (Å²) in [5.41, 5.74) is 1.25. The highest BCUT2D eigenvalue weighted by atomic mass is 32.2. The van der Waals surface area contributed by atoms with Gasteiger partial charge in [0.1, 0.15) is 22.4 Å². The molecule has 1 aliphatic heterocycles. The molecule has 1 aromatic carbocycles. The maximum Gasteiger partial charge on any atom is 0.274 e. The van der Waals surface area contributed by atoms with Gasteiger partial charge in [-0.1, -0.05) is 16.5 Å². The summed E-state index contributed by atoms with van der Waals surface area (Å²) in [5, 5.41) is 4.35. The van der Waals surface area contributed by atoms with Crippen molar-refractivity contribution < 1.29 is 22.4 Å². The monoisotopic (exact) mass is 423 g/mol. The first-order chi connectivity index (χ1) is 13.4. The fraction of sp³-hybridized carbons (Fsp3) is 0.444. The molecule has 10 heteroatoms. The van der Waals surface area contributed by atoms with E-state index in [2.05, 4.69) is 10.1 Å². The molecule has 0 N–H and O–H groups in total. The Hall–Kier alpha value is -2.17. The number of aryl methyl sites for hydroxylation is 2. The van der Waals surface area contributed by atoms with Crippen molar-refractivity contribution in [1.29, 1.82) is 0 Å². The molecule has 0 atom stereocenters. The van der Waals surface area contributed by atoms with Gasteiger partial charge in [-0.25, -0.2) is 13.4 Å². The van der Waals surface area contributed by atoms with Crippen LogP contribution in [0.5, 0.6) is 10.9 Å². The van der Waals surface area contributed by atoms with Gasteiger partial charge in [0.25, 0.3) is 5.19 Å². The summed E-state index contributed by atoms with van der Waals surface area (Å²) >= 11 is 1.46. The molecule has 150 valence electrons. The van der Waals surface area contributed by atoms with Crippen LogP contribution >= 0.6 is 11.3 Å². The number of rotatable bonds is 5. The van der Waals surface area contributed by atoms with Crippen LogP contribution in [0.2, 0.25) is 0 Å². The summed E-state index contributed by atoms with van der Waals surface area (Å²) in [6, 6.07) is 5.69. The van der Waals surface area contributed by atoms with Crippen LogP contribution in [0.3, 0.4) is 0 Å². The Morgan fingerprint density at radius 2 is 2.00 bits per heavy atom. The van der Waals surface area contributed by atoms with Gasteiger partial charge in [-0.15, -0.1) is 0 Å². The van der Waals surface area contributed by atoms with Gasteiger partial charge in [-0.3, -0.25) is 0 Å². The minimum absolute atomic E-state index is 0.0708. The molecule has 0 amide bonds. The van der Waals surface area contributed by atoms with Crippen LogP contribution in [-0.4, -0.2) is 49.2 Å². The third-order valence-electron chi connectivity index (χ3n) is 4.81. The molecule has 3 aromatic rings. The molecule has 0 unspecified atom stereocenters. The van der Waals surface area contributed by atoms with Crippen LogP contribution in [0.1, 0.15) is 24.3 Å². The van der Waals surface area contributed by atoms with Crippen molar-refractivity contribution in [2.75, 3.05) is 20.2 Å². The summed E-state index contributed by atoms with van der Waals surface area (Å²) in [7, 11) is -1.98. The summed E-state index contributed by atoms with van der Waals surface area (Å²) in [6.45, 7) is 4.03. The van der Waals surface area contributed by atoms with Crippen molar-refractivity contribution in [3.8, 4) is 10.9 Å². The van der Waals surface area contributed by atoms with E-state index in [4.69, 9.17) is 14.0 Å². The van der Waals surface area contributed by atoms with Gasteiger partial charge in [0.15, 0.2) is 5.76 Å². The van der Waals surface area contributed by atoms with Crippen LogP contribution in [0.4, 0.5) is 0 Å². The molecule has 8 nitrogen and oxygen atoms in total. The first-order valence-corrected chi connectivity index (χ1v) is 11.2. The molecule has 0 aliphatic carbocycles. The summed E-state index contributed by atoms with van der Waals surface area (Å²) in [6.07, 6.45) is 1.13. The number of ether oxygens (including phenoxy) is 2. The van der Waals surface area contributed by atoms with Crippen LogP contribution < -0.4 is 9.47 Å².